The Kier molecular flexibility index (Phi) is 5.12. The summed E-state index contributed by atoms with van der Waals surface area (Å²) < 4.78 is 0. The van der Waals surface area contributed by atoms with Crippen molar-refractivity contribution in [2.75, 3.05) is 6.61 Å². The number of aliphatic hydroxyl groups excluding tert-OH is 1. The Morgan fingerprint density at radius 1 is 1.10 bits per heavy atom. The van der Waals surface area contributed by atoms with Gasteiger partial charge in [0.1, 0.15) is 0 Å². The zero-order chi connectivity index (χ0) is 15.2. The van der Waals surface area contributed by atoms with Crippen LogP contribution in [0, 0.1) is 13.8 Å². The number of amides is 1. The third-order valence-corrected chi connectivity index (χ3v) is 3.73. The molecule has 3 nitrogen and oxygen atoms in total. The molecule has 0 aliphatic carbocycles. The normalized spacial score (nSPS) is 12.0. The molecule has 0 saturated carbocycles. The Balaban J connectivity index is 2.08. The van der Waals surface area contributed by atoms with Crippen LogP contribution in [0.5, 0.6) is 0 Å². The van der Waals surface area contributed by atoms with Crippen LogP contribution in [0.1, 0.15) is 27.0 Å². The van der Waals surface area contributed by atoms with Gasteiger partial charge in [-0.2, -0.15) is 0 Å². The van der Waals surface area contributed by atoms with E-state index in [9.17, 15) is 9.90 Å². The molecule has 2 aromatic rings. The molecule has 2 N–H and O–H groups in total. The number of hydrogen-bond acceptors (Lipinski definition) is 2. The fraction of sp³-hybridized carbons (Fsp3) is 0.278. The largest absolute Gasteiger partial charge is 0.394 e. The summed E-state index contributed by atoms with van der Waals surface area (Å²) in [6.07, 6.45) is 0.619. The van der Waals surface area contributed by atoms with E-state index in [4.69, 9.17) is 0 Å². The number of carbonyl (C=O) groups is 1. The lowest BCUT2D eigenvalue weighted by Crippen LogP contribution is -2.39. The molecule has 0 heterocycles. The van der Waals surface area contributed by atoms with Gasteiger partial charge >= 0.3 is 0 Å². The molecular formula is C18H21NO2. The van der Waals surface area contributed by atoms with Gasteiger partial charge in [-0.1, -0.05) is 42.5 Å². The maximum Gasteiger partial charge on any atom is 0.251 e. The second-order valence-electron chi connectivity index (χ2n) is 5.29. The van der Waals surface area contributed by atoms with E-state index in [-0.39, 0.29) is 18.6 Å². The van der Waals surface area contributed by atoms with Gasteiger partial charge in [-0.25, -0.2) is 0 Å². The molecule has 1 amide bonds. The van der Waals surface area contributed by atoms with Gasteiger partial charge in [-0.05, 0) is 43.0 Å². The standard InChI is InChI=1S/C18H21NO2/c1-13-7-6-10-17(14(13)2)18(21)19-16(12-20)11-15-8-4-3-5-9-15/h3-10,16,20H,11-12H2,1-2H3,(H,19,21)/t16-/m1/s1. The highest BCUT2D eigenvalue weighted by Crippen LogP contribution is 2.13. The van der Waals surface area contributed by atoms with Crippen LogP contribution in [-0.4, -0.2) is 23.7 Å². The predicted octanol–water partition coefficient (Wildman–Crippen LogP) is 2.64. The highest BCUT2D eigenvalue weighted by Gasteiger charge is 2.15. The number of aryl methyl sites for hydroxylation is 1. The van der Waals surface area contributed by atoms with E-state index < -0.39 is 0 Å². The second-order valence-corrected chi connectivity index (χ2v) is 5.29. The second kappa shape index (κ2) is 7.04. The zero-order valence-electron chi connectivity index (χ0n) is 12.5. The Morgan fingerprint density at radius 3 is 2.48 bits per heavy atom. The molecule has 3 heteroatoms. The molecule has 0 saturated heterocycles. The van der Waals surface area contributed by atoms with Crippen molar-refractivity contribution in [3.8, 4) is 0 Å². The molecule has 0 spiro atoms. The molecule has 2 rings (SSSR count). The molecule has 21 heavy (non-hydrogen) atoms. The average molecular weight is 283 g/mol. The number of nitrogens with one attached hydrogen (secondary N) is 1. The van der Waals surface area contributed by atoms with Gasteiger partial charge in [0.2, 0.25) is 0 Å². The van der Waals surface area contributed by atoms with Crippen molar-refractivity contribution >= 4 is 5.91 Å². The minimum atomic E-state index is -0.278. The number of benzene rings is 2. The van der Waals surface area contributed by atoms with Crippen molar-refractivity contribution in [1.29, 1.82) is 0 Å². The molecule has 0 radical (unpaired) electrons. The molecule has 0 bridgehead atoms. The minimum absolute atomic E-state index is 0.0779. The fourth-order valence-corrected chi connectivity index (χ4v) is 2.32. The Labute approximate surface area is 125 Å². The summed E-state index contributed by atoms with van der Waals surface area (Å²) in [6, 6.07) is 15.2. The summed E-state index contributed by atoms with van der Waals surface area (Å²) in [6.45, 7) is 3.85. The Morgan fingerprint density at radius 2 is 1.81 bits per heavy atom. The number of carbonyl (C=O) groups excluding carboxylic acids is 1. The van der Waals surface area contributed by atoms with Crippen LogP contribution >= 0.6 is 0 Å². The molecule has 2 aromatic carbocycles. The molecule has 0 aliphatic rings. The van der Waals surface area contributed by atoms with Crippen LogP contribution < -0.4 is 5.32 Å². The highest BCUT2D eigenvalue weighted by molar-refractivity contribution is 5.96. The van der Waals surface area contributed by atoms with Gasteiger partial charge in [0, 0.05) is 5.56 Å². The molecule has 0 aliphatic heterocycles. The number of aliphatic hydroxyl groups is 1. The van der Waals surface area contributed by atoms with Gasteiger partial charge in [0.25, 0.3) is 5.91 Å². The molecule has 0 aromatic heterocycles. The predicted molar refractivity (Wildman–Crippen MR) is 84.4 cm³/mol. The molecule has 0 unspecified atom stereocenters. The monoisotopic (exact) mass is 283 g/mol. The Hall–Kier alpha value is -2.13. The molecule has 110 valence electrons. The maximum atomic E-state index is 12.4. The first kappa shape index (κ1) is 15.3. The third-order valence-electron chi connectivity index (χ3n) is 3.73. The van der Waals surface area contributed by atoms with Crippen molar-refractivity contribution in [3.05, 3.63) is 70.8 Å². The quantitative estimate of drug-likeness (QED) is 0.886. The first-order valence-electron chi connectivity index (χ1n) is 7.13. The molecule has 1 atom stereocenters. The van der Waals surface area contributed by atoms with E-state index >= 15 is 0 Å². The van der Waals surface area contributed by atoms with Crippen LogP contribution in [0.2, 0.25) is 0 Å². The summed E-state index contributed by atoms with van der Waals surface area (Å²) in [5.74, 6) is -0.133. The van der Waals surface area contributed by atoms with Crippen molar-refractivity contribution in [1.82, 2.24) is 5.32 Å². The third kappa shape index (κ3) is 3.92. The maximum absolute atomic E-state index is 12.4. The minimum Gasteiger partial charge on any atom is -0.394 e. The molecular weight excluding hydrogens is 262 g/mol. The van der Waals surface area contributed by atoms with E-state index in [2.05, 4.69) is 5.32 Å². The van der Waals surface area contributed by atoms with Crippen molar-refractivity contribution in [2.24, 2.45) is 0 Å². The van der Waals surface area contributed by atoms with Crippen molar-refractivity contribution < 1.29 is 9.90 Å². The number of rotatable bonds is 5. The smallest absolute Gasteiger partial charge is 0.251 e. The number of hydrogen-bond donors (Lipinski definition) is 2. The van der Waals surface area contributed by atoms with Gasteiger partial charge < -0.3 is 10.4 Å². The van der Waals surface area contributed by atoms with Crippen molar-refractivity contribution in [2.45, 2.75) is 26.3 Å². The van der Waals surface area contributed by atoms with E-state index in [1.807, 2.05) is 62.4 Å². The average Bonchev–Trinajstić information content (AvgIpc) is 2.50. The van der Waals surface area contributed by atoms with Gasteiger partial charge in [-0.3, -0.25) is 4.79 Å². The molecule has 0 fully saturated rings. The summed E-state index contributed by atoms with van der Waals surface area (Å²) >= 11 is 0. The Bertz CT molecular complexity index is 608. The first-order chi connectivity index (χ1) is 10.1. The van der Waals surface area contributed by atoms with Gasteiger partial charge in [-0.15, -0.1) is 0 Å². The lowest BCUT2D eigenvalue weighted by atomic mass is 10.0. The van der Waals surface area contributed by atoms with Crippen LogP contribution in [0.4, 0.5) is 0 Å². The van der Waals surface area contributed by atoms with Crippen molar-refractivity contribution in [3.63, 3.8) is 0 Å². The summed E-state index contributed by atoms with van der Waals surface area (Å²) in [7, 11) is 0. The lowest BCUT2D eigenvalue weighted by molar-refractivity contribution is 0.0916. The summed E-state index contributed by atoms with van der Waals surface area (Å²) in [4.78, 5) is 12.4. The van der Waals surface area contributed by atoms with Gasteiger partial charge in [0.15, 0.2) is 0 Å². The van der Waals surface area contributed by atoms with E-state index in [0.29, 0.717) is 12.0 Å². The highest BCUT2D eigenvalue weighted by atomic mass is 16.3. The summed E-state index contributed by atoms with van der Waals surface area (Å²) in [5.41, 5.74) is 3.83. The fourth-order valence-electron chi connectivity index (χ4n) is 2.32. The first-order valence-corrected chi connectivity index (χ1v) is 7.13. The summed E-state index contributed by atoms with van der Waals surface area (Å²) in [5, 5.41) is 12.4. The van der Waals surface area contributed by atoms with Crippen LogP contribution in [0.25, 0.3) is 0 Å². The lowest BCUT2D eigenvalue weighted by Gasteiger charge is -2.17. The van der Waals surface area contributed by atoms with Crippen LogP contribution in [0.15, 0.2) is 48.5 Å². The zero-order valence-corrected chi connectivity index (χ0v) is 12.5. The van der Waals surface area contributed by atoms with E-state index in [1.165, 1.54) is 0 Å². The van der Waals surface area contributed by atoms with Gasteiger partial charge in [0.05, 0.1) is 12.6 Å². The topological polar surface area (TPSA) is 49.3 Å². The van der Waals surface area contributed by atoms with E-state index in [1.54, 1.807) is 0 Å². The van der Waals surface area contributed by atoms with Crippen LogP contribution in [0.3, 0.4) is 0 Å². The van der Waals surface area contributed by atoms with Crippen LogP contribution in [-0.2, 0) is 6.42 Å². The SMILES string of the molecule is Cc1cccc(C(=O)N[C@@H](CO)Cc2ccccc2)c1C. The van der Waals surface area contributed by atoms with E-state index in [0.717, 1.165) is 16.7 Å².